The summed E-state index contributed by atoms with van der Waals surface area (Å²) in [6.45, 7) is 1.67. The van der Waals surface area contributed by atoms with Gasteiger partial charge in [-0.25, -0.2) is 17.7 Å². The number of hydrogen-bond acceptors (Lipinski definition) is 2. The second-order valence-corrected chi connectivity index (χ2v) is 4.09. The fraction of sp³-hybridized carbons (Fsp3) is 1.00. The number of alkyl halides is 3. The van der Waals surface area contributed by atoms with Crippen LogP contribution >= 0.6 is 7.82 Å². The van der Waals surface area contributed by atoms with Crippen LogP contribution in [0, 0.1) is 0 Å². The molecule has 0 saturated carbocycles. The quantitative estimate of drug-likeness (QED) is 0.707. The van der Waals surface area contributed by atoms with E-state index >= 15 is 0 Å². The van der Waals surface area contributed by atoms with Crippen molar-refractivity contribution in [2.75, 3.05) is 0 Å². The van der Waals surface area contributed by atoms with Crippen molar-refractivity contribution < 1.29 is 32.0 Å². The van der Waals surface area contributed by atoms with Crippen LogP contribution in [0.25, 0.3) is 0 Å². The molecule has 0 amide bonds. The van der Waals surface area contributed by atoms with E-state index in [1.165, 1.54) is 0 Å². The number of phosphoric ester groups is 1. The Hall–Kier alpha value is -0.100. The monoisotopic (exact) mass is 222 g/mol. The number of rotatable bonds is 4. The summed E-state index contributed by atoms with van der Waals surface area (Å²) in [5.74, 6) is 0. The zero-order valence-electron chi connectivity index (χ0n) is 6.95. The minimum atomic E-state index is -4.95. The van der Waals surface area contributed by atoms with E-state index in [2.05, 4.69) is 4.52 Å². The fourth-order valence-corrected chi connectivity index (χ4v) is 1.37. The van der Waals surface area contributed by atoms with Crippen molar-refractivity contribution >= 4 is 7.82 Å². The van der Waals surface area contributed by atoms with Gasteiger partial charge < -0.3 is 9.79 Å². The maximum Gasteiger partial charge on any atom is 0.470 e. The van der Waals surface area contributed by atoms with Gasteiger partial charge in [-0.05, 0) is 13.8 Å². The first-order chi connectivity index (χ1) is 5.56. The van der Waals surface area contributed by atoms with Crippen LogP contribution < -0.4 is 0 Å². The van der Waals surface area contributed by atoms with Gasteiger partial charge in [0.15, 0.2) is 6.17 Å². The van der Waals surface area contributed by atoms with Crippen molar-refractivity contribution in [2.45, 2.75) is 32.0 Å². The third kappa shape index (κ3) is 4.61. The van der Waals surface area contributed by atoms with Gasteiger partial charge in [-0.1, -0.05) is 0 Å². The lowest BCUT2D eigenvalue weighted by atomic mass is 10.0. The van der Waals surface area contributed by atoms with Gasteiger partial charge >= 0.3 is 7.82 Å². The van der Waals surface area contributed by atoms with Gasteiger partial charge in [0, 0.05) is 0 Å². The summed E-state index contributed by atoms with van der Waals surface area (Å²) in [4.78, 5) is 16.5. The molecule has 1 atom stereocenters. The van der Waals surface area contributed by atoms with Crippen LogP contribution in [0.5, 0.6) is 0 Å². The molecule has 0 heterocycles. The summed E-state index contributed by atoms with van der Waals surface area (Å²) in [7, 11) is -4.95. The predicted octanol–water partition coefficient (Wildman–Crippen LogP) is 1.48. The van der Waals surface area contributed by atoms with Gasteiger partial charge in [-0.2, -0.15) is 0 Å². The van der Waals surface area contributed by atoms with Crippen molar-refractivity contribution in [1.29, 1.82) is 0 Å². The molecule has 0 radical (unpaired) electrons. The van der Waals surface area contributed by atoms with Crippen LogP contribution in [0.1, 0.15) is 13.8 Å². The number of phosphoric acid groups is 1. The van der Waals surface area contributed by atoms with Crippen molar-refractivity contribution in [3.8, 4) is 0 Å². The fourth-order valence-electron chi connectivity index (χ4n) is 0.660. The Morgan fingerprint density at radius 1 is 1.31 bits per heavy atom. The van der Waals surface area contributed by atoms with Crippen molar-refractivity contribution in [3.63, 3.8) is 0 Å². The van der Waals surface area contributed by atoms with Crippen molar-refractivity contribution in [2.24, 2.45) is 0 Å². The largest absolute Gasteiger partial charge is 0.470 e. The standard InChI is InChI=1S/C5H10F3O4P/c1-5(2,3(6)4(7)8)12-13(9,10)11/h3-4H,1-2H3,(H2,9,10,11). The van der Waals surface area contributed by atoms with Gasteiger partial charge in [0.1, 0.15) is 5.60 Å². The van der Waals surface area contributed by atoms with Crippen LogP contribution in [-0.2, 0) is 9.09 Å². The van der Waals surface area contributed by atoms with Crippen LogP contribution in [0.2, 0.25) is 0 Å². The van der Waals surface area contributed by atoms with Gasteiger partial charge in [0.2, 0.25) is 0 Å². The Bertz CT molecular complexity index is 214. The van der Waals surface area contributed by atoms with Crippen molar-refractivity contribution in [1.82, 2.24) is 0 Å². The molecule has 0 rings (SSSR count). The average molecular weight is 222 g/mol. The zero-order valence-corrected chi connectivity index (χ0v) is 7.84. The molecule has 0 aliphatic carbocycles. The molecule has 4 nitrogen and oxygen atoms in total. The lowest BCUT2D eigenvalue weighted by Gasteiger charge is -2.28. The zero-order chi connectivity index (χ0) is 10.9. The van der Waals surface area contributed by atoms with E-state index in [1.807, 2.05) is 0 Å². The van der Waals surface area contributed by atoms with E-state index in [-0.39, 0.29) is 0 Å². The molecule has 0 aromatic carbocycles. The van der Waals surface area contributed by atoms with E-state index < -0.39 is 26.0 Å². The van der Waals surface area contributed by atoms with Gasteiger partial charge in [0.25, 0.3) is 6.43 Å². The molecule has 0 aliphatic rings. The number of hydrogen-bond donors (Lipinski definition) is 2. The SMILES string of the molecule is CC(C)(OP(=O)(O)O)C(F)C(F)F. The summed E-state index contributed by atoms with van der Waals surface area (Å²) in [5, 5.41) is 0. The molecule has 1 unspecified atom stereocenters. The molecule has 0 spiro atoms. The first-order valence-electron chi connectivity index (χ1n) is 3.25. The third-order valence-electron chi connectivity index (χ3n) is 1.24. The van der Waals surface area contributed by atoms with Crippen LogP contribution in [0.3, 0.4) is 0 Å². The van der Waals surface area contributed by atoms with Gasteiger partial charge in [-0.15, -0.1) is 0 Å². The Balaban J connectivity index is 4.48. The third-order valence-corrected chi connectivity index (χ3v) is 1.95. The predicted molar refractivity (Wildman–Crippen MR) is 38.1 cm³/mol. The number of halogens is 3. The molecule has 0 aliphatic heterocycles. The highest BCUT2D eigenvalue weighted by Crippen LogP contribution is 2.43. The molecule has 0 aromatic rings. The summed E-state index contributed by atoms with van der Waals surface area (Å²) < 4.78 is 50.3. The summed E-state index contributed by atoms with van der Waals surface area (Å²) in [5.41, 5.74) is -2.22. The minimum absolute atomic E-state index is 0.836. The molecule has 0 bridgehead atoms. The highest BCUT2D eigenvalue weighted by Gasteiger charge is 2.42. The summed E-state index contributed by atoms with van der Waals surface area (Å²) >= 11 is 0. The van der Waals surface area contributed by atoms with Gasteiger partial charge in [0.05, 0.1) is 0 Å². The lowest BCUT2D eigenvalue weighted by Crippen LogP contribution is -2.39. The molecule has 8 heteroatoms. The van der Waals surface area contributed by atoms with Gasteiger partial charge in [-0.3, -0.25) is 4.52 Å². The van der Waals surface area contributed by atoms with E-state index in [4.69, 9.17) is 9.79 Å². The Morgan fingerprint density at radius 3 is 1.92 bits per heavy atom. The van der Waals surface area contributed by atoms with E-state index in [0.717, 1.165) is 13.8 Å². The van der Waals surface area contributed by atoms with E-state index in [1.54, 1.807) is 0 Å². The summed E-state index contributed by atoms with van der Waals surface area (Å²) in [6.07, 6.45) is -6.10. The molecule has 2 N–H and O–H groups in total. The molecule has 13 heavy (non-hydrogen) atoms. The molecule has 0 aromatic heterocycles. The Kier molecular flexibility index (Phi) is 3.93. The Morgan fingerprint density at radius 2 is 1.69 bits per heavy atom. The first kappa shape index (κ1) is 12.9. The molecule has 80 valence electrons. The minimum Gasteiger partial charge on any atom is -0.303 e. The smallest absolute Gasteiger partial charge is 0.303 e. The molecular weight excluding hydrogens is 212 g/mol. The molecular formula is C5H10F3O4P. The summed E-state index contributed by atoms with van der Waals surface area (Å²) in [6, 6.07) is 0. The van der Waals surface area contributed by atoms with E-state index in [0.29, 0.717) is 0 Å². The second kappa shape index (κ2) is 3.96. The van der Waals surface area contributed by atoms with E-state index in [9.17, 15) is 17.7 Å². The van der Waals surface area contributed by atoms with Crippen molar-refractivity contribution in [3.05, 3.63) is 0 Å². The lowest BCUT2D eigenvalue weighted by molar-refractivity contribution is -0.0733. The maximum atomic E-state index is 12.6. The van der Waals surface area contributed by atoms with Crippen LogP contribution in [0.15, 0.2) is 0 Å². The maximum absolute atomic E-state index is 12.6. The van der Waals surface area contributed by atoms with Crippen LogP contribution in [0.4, 0.5) is 13.2 Å². The first-order valence-corrected chi connectivity index (χ1v) is 4.78. The van der Waals surface area contributed by atoms with Crippen LogP contribution in [-0.4, -0.2) is 28.0 Å². The highest BCUT2D eigenvalue weighted by atomic mass is 31.2. The molecule has 0 saturated heterocycles. The molecule has 0 fully saturated rings. The Labute approximate surface area is 72.9 Å². The highest BCUT2D eigenvalue weighted by molar-refractivity contribution is 7.46. The second-order valence-electron chi connectivity index (χ2n) is 2.92. The average Bonchev–Trinajstić information content (AvgIpc) is 1.80. The topological polar surface area (TPSA) is 66.8 Å². The normalized spacial score (nSPS) is 16.3.